The van der Waals surface area contributed by atoms with Gasteiger partial charge in [-0.15, -0.1) is 0 Å². The second-order valence-electron chi connectivity index (χ2n) is 4.78. The second-order valence-corrected chi connectivity index (χ2v) is 7.25. The van der Waals surface area contributed by atoms with E-state index in [1.807, 2.05) is 54.6 Å². The van der Waals surface area contributed by atoms with Crippen LogP contribution in [0.2, 0.25) is 0 Å². The van der Waals surface area contributed by atoms with Gasteiger partial charge in [-0.1, -0.05) is 50.2 Å². The molecule has 1 atom stereocenters. The van der Waals surface area contributed by atoms with Gasteiger partial charge in [-0.3, -0.25) is 4.57 Å². The van der Waals surface area contributed by atoms with Crippen molar-refractivity contribution in [3.05, 3.63) is 60.2 Å². The first kappa shape index (κ1) is 16.7. The van der Waals surface area contributed by atoms with Crippen LogP contribution in [0.25, 0.3) is 0 Å². The van der Waals surface area contributed by atoms with Crippen molar-refractivity contribution in [2.45, 2.75) is 19.8 Å². The van der Waals surface area contributed by atoms with Crippen LogP contribution in [0.3, 0.4) is 0 Å². The molecule has 0 fully saturated rings. The van der Waals surface area contributed by atoms with Gasteiger partial charge in [0.25, 0.3) is 7.37 Å². The van der Waals surface area contributed by atoms with Crippen molar-refractivity contribution in [2.24, 2.45) is 0 Å². The molecule has 0 spiro atoms. The molecule has 0 saturated carbocycles. The Labute approximate surface area is 123 Å². The topological polar surface area (TPSA) is 26.3 Å². The van der Waals surface area contributed by atoms with E-state index < -0.39 is 7.37 Å². The van der Waals surface area contributed by atoms with Crippen LogP contribution in [0.15, 0.2) is 54.6 Å². The number of benzene rings is 2. The predicted octanol–water partition coefficient (Wildman–Crippen LogP) is 2.50. The Morgan fingerprint density at radius 1 is 0.950 bits per heavy atom. The zero-order chi connectivity index (χ0) is 13.9. The molecule has 0 radical (unpaired) electrons. The van der Waals surface area contributed by atoms with E-state index in [1.165, 1.54) is 7.11 Å². The van der Waals surface area contributed by atoms with E-state index in [4.69, 9.17) is 4.52 Å². The van der Waals surface area contributed by atoms with Gasteiger partial charge in [-0.05, 0) is 29.7 Å². The summed E-state index contributed by atoms with van der Waals surface area (Å²) >= 11 is 0. The van der Waals surface area contributed by atoms with Crippen molar-refractivity contribution in [2.75, 3.05) is 7.11 Å². The van der Waals surface area contributed by atoms with Crippen LogP contribution in [-0.4, -0.2) is 15.5 Å². The summed E-state index contributed by atoms with van der Waals surface area (Å²) in [5.74, 6) is 0.309. The van der Waals surface area contributed by atoms with Gasteiger partial charge in [0.15, 0.2) is 0 Å². The molecule has 20 heavy (non-hydrogen) atoms. The first-order valence-electron chi connectivity index (χ1n) is 6.40. The SMILES string of the molecule is B.COP(=O)(c1ccccc1)c1ccccc1C(C)C. The minimum Gasteiger partial charge on any atom is -0.325 e. The first-order chi connectivity index (χ1) is 9.09. The van der Waals surface area contributed by atoms with Gasteiger partial charge in [0.2, 0.25) is 0 Å². The van der Waals surface area contributed by atoms with Gasteiger partial charge in [-0.2, -0.15) is 0 Å². The summed E-state index contributed by atoms with van der Waals surface area (Å²) in [5.41, 5.74) is 1.08. The molecule has 0 aromatic heterocycles. The van der Waals surface area contributed by atoms with Gasteiger partial charge < -0.3 is 4.52 Å². The zero-order valence-electron chi connectivity index (χ0n) is 11.5. The highest BCUT2D eigenvalue weighted by molar-refractivity contribution is 7.74. The lowest BCUT2D eigenvalue weighted by atomic mass is 10.0. The molecule has 2 aromatic carbocycles. The molecule has 0 bridgehead atoms. The third-order valence-electron chi connectivity index (χ3n) is 3.23. The minimum atomic E-state index is -3.00. The first-order valence-corrected chi connectivity index (χ1v) is 8.03. The van der Waals surface area contributed by atoms with Gasteiger partial charge >= 0.3 is 0 Å². The van der Waals surface area contributed by atoms with E-state index in [-0.39, 0.29) is 8.41 Å². The third kappa shape index (κ3) is 3.05. The van der Waals surface area contributed by atoms with Crippen LogP contribution in [0.4, 0.5) is 0 Å². The van der Waals surface area contributed by atoms with E-state index in [9.17, 15) is 4.57 Å². The van der Waals surface area contributed by atoms with E-state index in [0.717, 1.165) is 16.2 Å². The quantitative estimate of drug-likeness (QED) is 0.638. The van der Waals surface area contributed by atoms with Crippen LogP contribution >= 0.6 is 7.37 Å². The fourth-order valence-electron chi connectivity index (χ4n) is 2.21. The number of rotatable bonds is 4. The lowest BCUT2D eigenvalue weighted by Crippen LogP contribution is -2.21. The van der Waals surface area contributed by atoms with Crippen LogP contribution in [0, 0.1) is 0 Å². The molecule has 0 N–H and O–H groups in total. The van der Waals surface area contributed by atoms with Crippen molar-refractivity contribution in [1.29, 1.82) is 0 Å². The average molecular weight is 288 g/mol. The molecule has 1 unspecified atom stereocenters. The minimum absolute atomic E-state index is 0. The molecular formula is C16H22BO2P. The average Bonchev–Trinajstić information content (AvgIpc) is 2.47. The molecule has 2 rings (SSSR count). The van der Waals surface area contributed by atoms with Crippen LogP contribution < -0.4 is 10.6 Å². The molecule has 0 aliphatic rings. The van der Waals surface area contributed by atoms with Crippen molar-refractivity contribution >= 4 is 26.4 Å². The van der Waals surface area contributed by atoms with Gasteiger partial charge in [-0.25, -0.2) is 0 Å². The monoisotopic (exact) mass is 288 g/mol. The van der Waals surface area contributed by atoms with Crippen molar-refractivity contribution in [3.8, 4) is 0 Å². The largest absolute Gasteiger partial charge is 0.325 e. The van der Waals surface area contributed by atoms with Gasteiger partial charge in [0, 0.05) is 17.7 Å². The highest BCUT2D eigenvalue weighted by Gasteiger charge is 2.29. The fourth-order valence-corrected chi connectivity index (χ4v) is 4.42. The Balaban J connectivity index is 0.00000200. The molecule has 2 nitrogen and oxygen atoms in total. The van der Waals surface area contributed by atoms with E-state index >= 15 is 0 Å². The Bertz CT molecular complexity index is 596. The summed E-state index contributed by atoms with van der Waals surface area (Å²) in [7, 11) is -1.48. The number of hydrogen-bond acceptors (Lipinski definition) is 2. The third-order valence-corrected chi connectivity index (χ3v) is 5.76. The van der Waals surface area contributed by atoms with Gasteiger partial charge in [0.05, 0.1) is 8.41 Å². The molecule has 2 aromatic rings. The Morgan fingerprint density at radius 3 is 2.05 bits per heavy atom. The van der Waals surface area contributed by atoms with Crippen molar-refractivity contribution in [3.63, 3.8) is 0 Å². The summed E-state index contributed by atoms with van der Waals surface area (Å²) in [6.45, 7) is 4.20. The maximum absolute atomic E-state index is 13.3. The smallest absolute Gasteiger partial charge is 0.261 e. The lowest BCUT2D eigenvalue weighted by Gasteiger charge is -2.21. The highest BCUT2D eigenvalue weighted by atomic mass is 31.2. The standard InChI is InChI=1S/C16H19O2P.BH3/c1-13(2)15-11-7-8-12-16(15)19(17,18-3)14-9-5-4-6-10-14;/h4-13H,1-3H3;1H3. The maximum Gasteiger partial charge on any atom is 0.261 e. The Kier molecular flexibility index (Phi) is 5.80. The van der Waals surface area contributed by atoms with Gasteiger partial charge in [0.1, 0.15) is 0 Å². The fraction of sp³-hybridized carbons (Fsp3) is 0.250. The van der Waals surface area contributed by atoms with E-state index in [0.29, 0.717) is 5.92 Å². The molecule has 0 aliphatic heterocycles. The summed E-state index contributed by atoms with van der Waals surface area (Å²) in [4.78, 5) is 0. The molecule has 106 valence electrons. The number of hydrogen-bond donors (Lipinski definition) is 0. The van der Waals surface area contributed by atoms with Crippen LogP contribution in [0.5, 0.6) is 0 Å². The van der Waals surface area contributed by atoms with Crippen molar-refractivity contribution < 1.29 is 9.09 Å². The van der Waals surface area contributed by atoms with E-state index in [2.05, 4.69) is 13.8 Å². The second kappa shape index (κ2) is 6.92. The lowest BCUT2D eigenvalue weighted by molar-refractivity contribution is 0.412. The summed E-state index contributed by atoms with van der Waals surface area (Å²) in [6, 6.07) is 17.2. The highest BCUT2D eigenvalue weighted by Crippen LogP contribution is 2.45. The molecule has 0 amide bonds. The summed E-state index contributed by atoms with van der Waals surface area (Å²) in [5, 5.41) is 1.55. The van der Waals surface area contributed by atoms with Crippen LogP contribution in [0.1, 0.15) is 25.3 Å². The molecule has 4 heteroatoms. The molecule has 0 saturated heterocycles. The van der Waals surface area contributed by atoms with Crippen LogP contribution in [-0.2, 0) is 9.09 Å². The normalized spacial score (nSPS) is 13.6. The zero-order valence-corrected chi connectivity index (χ0v) is 12.4. The van der Waals surface area contributed by atoms with Crippen molar-refractivity contribution in [1.82, 2.24) is 0 Å². The molecule has 0 aliphatic carbocycles. The maximum atomic E-state index is 13.3. The predicted molar refractivity (Wildman–Crippen MR) is 90.8 cm³/mol. The summed E-state index contributed by atoms with van der Waals surface area (Å²) in [6.07, 6.45) is 0. The molecule has 0 heterocycles. The molecular weight excluding hydrogens is 266 g/mol. The summed E-state index contributed by atoms with van der Waals surface area (Å²) < 4.78 is 18.7. The Morgan fingerprint density at radius 2 is 1.50 bits per heavy atom. The Hall–Kier alpha value is -1.31. The van der Waals surface area contributed by atoms with E-state index in [1.54, 1.807) is 0 Å².